The molecule has 0 saturated heterocycles. The molecule has 0 bridgehead atoms. The van der Waals surface area contributed by atoms with Crippen molar-refractivity contribution in [2.45, 2.75) is 44.1 Å². The van der Waals surface area contributed by atoms with Crippen LogP contribution >= 0.6 is 0 Å². The fraction of sp³-hybridized carbons (Fsp3) is 0.571. The van der Waals surface area contributed by atoms with Gasteiger partial charge in [0.25, 0.3) is 0 Å². The van der Waals surface area contributed by atoms with Crippen molar-refractivity contribution < 1.29 is 13.5 Å². The summed E-state index contributed by atoms with van der Waals surface area (Å²) in [7, 11) is -3.47. The number of hydrogen-bond acceptors (Lipinski definition) is 3. The molecule has 0 aliphatic heterocycles. The molecule has 0 spiro atoms. The van der Waals surface area contributed by atoms with Gasteiger partial charge >= 0.3 is 0 Å². The Hall–Kier alpha value is -0.910. The number of hydrogen-bond donors (Lipinski definition) is 2. The maximum Gasteiger partial charge on any atom is 0.240 e. The van der Waals surface area contributed by atoms with Crippen molar-refractivity contribution in [3.63, 3.8) is 0 Å². The average molecular weight is 283 g/mol. The van der Waals surface area contributed by atoms with Crippen LogP contribution in [0, 0.1) is 5.41 Å². The second-order valence-corrected chi connectivity index (χ2v) is 7.15. The molecule has 106 valence electrons. The minimum Gasteiger partial charge on any atom is -0.392 e. The number of benzene rings is 1. The molecule has 1 aliphatic carbocycles. The number of aliphatic hydroxyl groups excluding tert-OH is 1. The lowest BCUT2D eigenvalue weighted by Gasteiger charge is -2.15. The molecule has 2 N–H and O–H groups in total. The van der Waals surface area contributed by atoms with Crippen molar-refractivity contribution in [1.29, 1.82) is 0 Å². The molecule has 1 aromatic carbocycles. The van der Waals surface area contributed by atoms with Gasteiger partial charge in [0.2, 0.25) is 10.0 Å². The third kappa shape index (κ3) is 3.55. The molecule has 0 heterocycles. The highest BCUT2D eigenvalue weighted by atomic mass is 32.2. The topological polar surface area (TPSA) is 66.4 Å². The first-order valence-electron chi connectivity index (χ1n) is 6.71. The van der Waals surface area contributed by atoms with Gasteiger partial charge in [0.05, 0.1) is 11.5 Å². The van der Waals surface area contributed by atoms with Crippen molar-refractivity contribution in [3.8, 4) is 0 Å². The van der Waals surface area contributed by atoms with Crippen molar-refractivity contribution >= 4 is 10.0 Å². The standard InChI is InChI=1S/C14H21NO3S/c1-2-6-14(7-8-14)11-15-19(17,18)13-5-3-4-12(9-13)10-16/h3-5,9,15-16H,2,6-8,10-11H2,1H3. The van der Waals surface area contributed by atoms with Gasteiger partial charge < -0.3 is 5.11 Å². The molecule has 5 heteroatoms. The molecular weight excluding hydrogens is 262 g/mol. The normalized spacial score (nSPS) is 17.4. The molecule has 4 nitrogen and oxygen atoms in total. The van der Waals surface area contributed by atoms with E-state index < -0.39 is 10.0 Å². The van der Waals surface area contributed by atoms with Crippen LogP contribution < -0.4 is 4.72 Å². The molecular formula is C14H21NO3S. The summed E-state index contributed by atoms with van der Waals surface area (Å²) in [5.41, 5.74) is 0.800. The van der Waals surface area contributed by atoms with Gasteiger partial charge in [0.1, 0.15) is 0 Å². The third-order valence-electron chi connectivity index (χ3n) is 3.77. The highest BCUT2D eigenvalue weighted by molar-refractivity contribution is 7.89. The van der Waals surface area contributed by atoms with Gasteiger partial charge in [-0.1, -0.05) is 25.5 Å². The van der Waals surface area contributed by atoms with Crippen LogP contribution in [0.25, 0.3) is 0 Å². The van der Waals surface area contributed by atoms with Crippen LogP contribution in [0.2, 0.25) is 0 Å². The van der Waals surface area contributed by atoms with Gasteiger partial charge in [0.15, 0.2) is 0 Å². The fourth-order valence-corrected chi connectivity index (χ4v) is 3.59. The molecule has 1 saturated carbocycles. The van der Waals surface area contributed by atoms with Crippen molar-refractivity contribution in [2.24, 2.45) is 5.41 Å². The van der Waals surface area contributed by atoms with Gasteiger partial charge in [-0.3, -0.25) is 0 Å². The van der Waals surface area contributed by atoms with Crippen LogP contribution in [0.15, 0.2) is 29.2 Å². The quantitative estimate of drug-likeness (QED) is 0.804. The fourth-order valence-electron chi connectivity index (χ4n) is 2.36. The lowest BCUT2D eigenvalue weighted by molar-refractivity contribution is 0.281. The van der Waals surface area contributed by atoms with Crippen molar-refractivity contribution in [2.75, 3.05) is 6.54 Å². The van der Waals surface area contributed by atoms with E-state index >= 15 is 0 Å². The number of sulfonamides is 1. The second kappa shape index (κ2) is 5.61. The zero-order valence-electron chi connectivity index (χ0n) is 11.2. The molecule has 1 fully saturated rings. The summed E-state index contributed by atoms with van der Waals surface area (Å²) in [5, 5.41) is 9.05. The molecule has 19 heavy (non-hydrogen) atoms. The summed E-state index contributed by atoms with van der Waals surface area (Å²) in [4.78, 5) is 0.228. The smallest absolute Gasteiger partial charge is 0.240 e. The van der Waals surface area contributed by atoms with Gasteiger partial charge in [0, 0.05) is 6.54 Å². The van der Waals surface area contributed by atoms with E-state index in [9.17, 15) is 8.42 Å². The molecule has 2 rings (SSSR count). The SMILES string of the molecule is CCCC1(CNS(=O)(=O)c2cccc(CO)c2)CC1. The van der Waals surface area contributed by atoms with E-state index in [-0.39, 0.29) is 16.9 Å². The Morgan fingerprint density at radius 1 is 1.37 bits per heavy atom. The second-order valence-electron chi connectivity index (χ2n) is 5.38. The minimum atomic E-state index is -3.47. The van der Waals surface area contributed by atoms with Crippen LogP contribution in [0.5, 0.6) is 0 Å². The first-order valence-corrected chi connectivity index (χ1v) is 8.19. The maximum atomic E-state index is 12.2. The molecule has 0 radical (unpaired) electrons. The Morgan fingerprint density at radius 2 is 2.11 bits per heavy atom. The summed E-state index contributed by atoms with van der Waals surface area (Å²) in [6, 6.07) is 6.43. The Bertz CT molecular complexity index is 535. The summed E-state index contributed by atoms with van der Waals surface area (Å²) < 4.78 is 27.1. The van der Waals surface area contributed by atoms with E-state index in [1.807, 2.05) is 0 Å². The lowest BCUT2D eigenvalue weighted by Crippen LogP contribution is -2.30. The largest absolute Gasteiger partial charge is 0.392 e. The molecule has 0 aromatic heterocycles. The highest BCUT2D eigenvalue weighted by Gasteiger charge is 2.42. The molecule has 0 atom stereocenters. The molecule has 0 unspecified atom stereocenters. The van der Waals surface area contributed by atoms with Crippen LogP contribution in [0.1, 0.15) is 38.2 Å². The number of aliphatic hydroxyl groups is 1. The Morgan fingerprint density at radius 3 is 2.68 bits per heavy atom. The summed E-state index contributed by atoms with van der Waals surface area (Å²) in [6.45, 7) is 2.49. The van der Waals surface area contributed by atoms with E-state index in [1.165, 1.54) is 6.07 Å². The average Bonchev–Trinajstić information content (AvgIpc) is 3.18. The molecule has 1 aromatic rings. The van der Waals surface area contributed by atoms with E-state index in [4.69, 9.17) is 5.11 Å². The van der Waals surface area contributed by atoms with E-state index in [0.29, 0.717) is 12.1 Å². The van der Waals surface area contributed by atoms with Crippen LogP contribution in [0.3, 0.4) is 0 Å². The van der Waals surface area contributed by atoms with Crippen molar-refractivity contribution in [1.82, 2.24) is 4.72 Å². The predicted molar refractivity (Wildman–Crippen MR) is 74.1 cm³/mol. The van der Waals surface area contributed by atoms with E-state index in [1.54, 1.807) is 18.2 Å². The molecule has 0 amide bonds. The minimum absolute atomic E-state index is 0.150. The van der Waals surface area contributed by atoms with Crippen LogP contribution in [-0.4, -0.2) is 20.1 Å². The highest BCUT2D eigenvalue weighted by Crippen LogP contribution is 2.49. The zero-order valence-corrected chi connectivity index (χ0v) is 12.0. The first-order chi connectivity index (χ1) is 9.01. The Kier molecular flexibility index (Phi) is 4.28. The van der Waals surface area contributed by atoms with Crippen LogP contribution in [0.4, 0.5) is 0 Å². The van der Waals surface area contributed by atoms with Gasteiger partial charge in [-0.05, 0) is 42.4 Å². The first kappa shape index (κ1) is 14.5. The third-order valence-corrected chi connectivity index (χ3v) is 5.16. The van der Waals surface area contributed by atoms with Gasteiger partial charge in [-0.2, -0.15) is 0 Å². The zero-order chi connectivity index (χ0) is 13.9. The van der Waals surface area contributed by atoms with Gasteiger partial charge in [-0.15, -0.1) is 0 Å². The summed E-state index contributed by atoms with van der Waals surface area (Å²) >= 11 is 0. The maximum absolute atomic E-state index is 12.2. The Balaban J connectivity index is 2.05. The number of nitrogens with one attached hydrogen (secondary N) is 1. The Labute approximate surface area is 114 Å². The van der Waals surface area contributed by atoms with E-state index in [0.717, 1.165) is 25.7 Å². The van der Waals surface area contributed by atoms with Gasteiger partial charge in [-0.25, -0.2) is 13.1 Å². The molecule has 1 aliphatic rings. The number of rotatable bonds is 7. The van der Waals surface area contributed by atoms with E-state index in [2.05, 4.69) is 11.6 Å². The summed E-state index contributed by atoms with van der Waals surface area (Å²) in [5.74, 6) is 0. The lowest BCUT2D eigenvalue weighted by atomic mass is 10.0. The van der Waals surface area contributed by atoms with Crippen molar-refractivity contribution in [3.05, 3.63) is 29.8 Å². The monoisotopic (exact) mass is 283 g/mol. The van der Waals surface area contributed by atoms with Crippen LogP contribution in [-0.2, 0) is 16.6 Å². The summed E-state index contributed by atoms with van der Waals surface area (Å²) in [6.07, 6.45) is 4.38. The predicted octanol–water partition coefficient (Wildman–Crippen LogP) is 2.04.